The molecule has 0 atom stereocenters. The molecule has 19 heavy (non-hydrogen) atoms. The van der Waals surface area contributed by atoms with Crippen molar-refractivity contribution in [3.8, 4) is 0 Å². The van der Waals surface area contributed by atoms with Crippen LogP contribution in [0.25, 0.3) is 0 Å². The molecule has 0 amide bonds. The van der Waals surface area contributed by atoms with Gasteiger partial charge >= 0.3 is 0 Å². The monoisotopic (exact) mass is 322 g/mol. The van der Waals surface area contributed by atoms with E-state index in [1.165, 1.54) is 18.4 Å². The van der Waals surface area contributed by atoms with Gasteiger partial charge in [0.05, 0.1) is 0 Å². The van der Waals surface area contributed by atoms with Crippen LogP contribution in [0.4, 0.5) is 0 Å². The van der Waals surface area contributed by atoms with E-state index in [2.05, 4.69) is 17.3 Å². The zero-order chi connectivity index (χ0) is 13.0. The Labute approximate surface area is 131 Å². The second-order valence-electron chi connectivity index (χ2n) is 5.17. The van der Waals surface area contributed by atoms with Crippen molar-refractivity contribution >= 4 is 35.6 Å². The lowest BCUT2D eigenvalue weighted by atomic mass is 9.97. The summed E-state index contributed by atoms with van der Waals surface area (Å²) in [6.45, 7) is 4.36. The van der Waals surface area contributed by atoms with Crippen molar-refractivity contribution in [2.75, 3.05) is 26.7 Å². The molecule has 1 aromatic carbocycles. The van der Waals surface area contributed by atoms with Crippen LogP contribution in [0.5, 0.6) is 0 Å². The van der Waals surface area contributed by atoms with E-state index in [0.29, 0.717) is 10.0 Å². The lowest BCUT2D eigenvalue weighted by molar-refractivity contribution is 0.234. The van der Waals surface area contributed by atoms with Crippen LogP contribution in [-0.2, 0) is 6.54 Å². The van der Waals surface area contributed by atoms with Gasteiger partial charge in [-0.2, -0.15) is 0 Å². The van der Waals surface area contributed by atoms with Gasteiger partial charge in [-0.1, -0.05) is 23.2 Å². The highest BCUT2D eigenvalue weighted by Crippen LogP contribution is 2.21. The summed E-state index contributed by atoms with van der Waals surface area (Å²) >= 11 is 12.0. The Kier molecular flexibility index (Phi) is 7.48. The van der Waals surface area contributed by atoms with Crippen molar-refractivity contribution in [1.29, 1.82) is 0 Å². The quantitative estimate of drug-likeness (QED) is 0.905. The van der Waals surface area contributed by atoms with Gasteiger partial charge in [-0.05, 0) is 62.7 Å². The first-order valence-electron chi connectivity index (χ1n) is 6.48. The summed E-state index contributed by atoms with van der Waals surface area (Å²) < 4.78 is 0. The van der Waals surface area contributed by atoms with E-state index < -0.39 is 0 Å². The number of hydrogen-bond donors (Lipinski definition) is 1. The fourth-order valence-electron chi connectivity index (χ4n) is 2.58. The van der Waals surface area contributed by atoms with Gasteiger partial charge < -0.3 is 10.2 Å². The lowest BCUT2D eigenvalue weighted by Crippen LogP contribution is -2.34. The number of nitrogens with zero attached hydrogens (tertiary/aromatic N) is 1. The molecule has 2 nitrogen and oxygen atoms in total. The van der Waals surface area contributed by atoms with Crippen molar-refractivity contribution < 1.29 is 0 Å². The Hall–Kier alpha value is 0.01000. The molecule has 1 saturated heterocycles. The van der Waals surface area contributed by atoms with E-state index in [4.69, 9.17) is 23.2 Å². The molecule has 1 aliphatic rings. The number of benzene rings is 1. The number of rotatable bonds is 4. The predicted octanol–water partition coefficient (Wildman–Crippen LogP) is 3.85. The van der Waals surface area contributed by atoms with Crippen molar-refractivity contribution in [1.82, 2.24) is 10.2 Å². The lowest BCUT2D eigenvalue weighted by Gasteiger charge is -2.27. The van der Waals surface area contributed by atoms with Crippen molar-refractivity contribution in [3.63, 3.8) is 0 Å². The van der Waals surface area contributed by atoms with Gasteiger partial charge in [0.2, 0.25) is 0 Å². The molecule has 1 heterocycles. The number of hydrogen-bond acceptors (Lipinski definition) is 2. The largest absolute Gasteiger partial charge is 0.317 e. The topological polar surface area (TPSA) is 15.3 Å². The molecular formula is C14H21Cl3N2. The third kappa shape index (κ3) is 5.88. The highest BCUT2D eigenvalue weighted by atomic mass is 35.5. The fraction of sp³-hybridized carbons (Fsp3) is 0.571. The average Bonchev–Trinajstić information content (AvgIpc) is 2.28. The number of nitrogens with one attached hydrogen (secondary N) is 1. The maximum absolute atomic E-state index is 6.01. The molecule has 0 unspecified atom stereocenters. The molecule has 0 aliphatic carbocycles. The number of halogens is 3. The van der Waals surface area contributed by atoms with Gasteiger partial charge in [0.25, 0.3) is 0 Å². The minimum atomic E-state index is 0. The van der Waals surface area contributed by atoms with Crippen LogP contribution < -0.4 is 5.32 Å². The third-order valence-electron chi connectivity index (χ3n) is 3.40. The molecule has 108 valence electrons. The van der Waals surface area contributed by atoms with Crippen LogP contribution in [0.2, 0.25) is 10.0 Å². The van der Waals surface area contributed by atoms with Gasteiger partial charge in [-0.15, -0.1) is 12.4 Å². The smallest absolute Gasteiger partial charge is 0.0424 e. The zero-order valence-corrected chi connectivity index (χ0v) is 13.5. The van der Waals surface area contributed by atoms with Crippen molar-refractivity contribution in [2.45, 2.75) is 19.4 Å². The van der Waals surface area contributed by atoms with Gasteiger partial charge in [0.15, 0.2) is 0 Å². The number of piperidine rings is 1. The van der Waals surface area contributed by atoms with Crippen molar-refractivity contribution in [3.05, 3.63) is 33.8 Å². The second-order valence-corrected chi connectivity index (χ2v) is 6.04. The van der Waals surface area contributed by atoms with Crippen LogP contribution in [0.1, 0.15) is 18.4 Å². The molecule has 0 spiro atoms. The SMILES string of the molecule is CN(Cc1cc(Cl)cc(Cl)c1)CC1CCNCC1.Cl. The van der Waals surface area contributed by atoms with E-state index >= 15 is 0 Å². The third-order valence-corrected chi connectivity index (χ3v) is 3.84. The summed E-state index contributed by atoms with van der Waals surface area (Å²) in [6, 6.07) is 5.76. The Morgan fingerprint density at radius 3 is 2.32 bits per heavy atom. The summed E-state index contributed by atoms with van der Waals surface area (Å²) in [5, 5.41) is 4.83. The van der Waals surface area contributed by atoms with Gasteiger partial charge in [0.1, 0.15) is 0 Å². The molecule has 0 saturated carbocycles. The maximum Gasteiger partial charge on any atom is 0.0424 e. The van der Waals surface area contributed by atoms with Crippen LogP contribution in [0.15, 0.2) is 18.2 Å². The first kappa shape index (κ1) is 17.1. The van der Waals surface area contributed by atoms with Gasteiger partial charge in [0, 0.05) is 23.1 Å². The Balaban J connectivity index is 0.00000180. The molecule has 5 heteroatoms. The van der Waals surface area contributed by atoms with E-state index in [-0.39, 0.29) is 12.4 Å². The van der Waals surface area contributed by atoms with E-state index in [9.17, 15) is 0 Å². The molecule has 0 radical (unpaired) electrons. The minimum Gasteiger partial charge on any atom is -0.317 e. The minimum absolute atomic E-state index is 0. The molecule has 1 N–H and O–H groups in total. The summed E-state index contributed by atoms with van der Waals surface area (Å²) in [5.74, 6) is 0.811. The highest BCUT2D eigenvalue weighted by Gasteiger charge is 2.15. The molecule has 1 aliphatic heterocycles. The zero-order valence-electron chi connectivity index (χ0n) is 11.2. The van der Waals surface area contributed by atoms with Gasteiger partial charge in [-0.3, -0.25) is 0 Å². The first-order valence-corrected chi connectivity index (χ1v) is 7.23. The highest BCUT2D eigenvalue weighted by molar-refractivity contribution is 6.34. The Bertz CT molecular complexity index is 372. The van der Waals surface area contributed by atoms with Crippen LogP contribution in [-0.4, -0.2) is 31.6 Å². The average molecular weight is 324 g/mol. The molecular weight excluding hydrogens is 303 g/mol. The van der Waals surface area contributed by atoms with Gasteiger partial charge in [-0.25, -0.2) is 0 Å². The summed E-state index contributed by atoms with van der Waals surface area (Å²) in [6.07, 6.45) is 2.56. The Morgan fingerprint density at radius 2 is 1.74 bits per heavy atom. The van der Waals surface area contributed by atoms with Crippen LogP contribution >= 0.6 is 35.6 Å². The maximum atomic E-state index is 6.01. The normalized spacial score (nSPS) is 16.4. The fourth-order valence-corrected chi connectivity index (χ4v) is 3.15. The van der Waals surface area contributed by atoms with E-state index in [0.717, 1.165) is 32.1 Å². The van der Waals surface area contributed by atoms with E-state index in [1.54, 1.807) is 6.07 Å². The van der Waals surface area contributed by atoms with Crippen LogP contribution in [0.3, 0.4) is 0 Å². The standard InChI is InChI=1S/C14H20Cl2N2.ClH/c1-18(9-11-2-4-17-5-3-11)10-12-6-13(15)8-14(16)7-12;/h6-8,11,17H,2-5,9-10H2,1H3;1H. The molecule has 1 aromatic rings. The van der Waals surface area contributed by atoms with Crippen LogP contribution in [0, 0.1) is 5.92 Å². The molecule has 1 fully saturated rings. The molecule has 0 bridgehead atoms. The summed E-state index contributed by atoms with van der Waals surface area (Å²) in [7, 11) is 2.16. The molecule has 2 rings (SSSR count). The summed E-state index contributed by atoms with van der Waals surface area (Å²) in [5.41, 5.74) is 1.18. The summed E-state index contributed by atoms with van der Waals surface area (Å²) in [4.78, 5) is 2.36. The predicted molar refractivity (Wildman–Crippen MR) is 85.6 cm³/mol. The van der Waals surface area contributed by atoms with E-state index in [1.807, 2.05) is 12.1 Å². The first-order chi connectivity index (χ1) is 8.63. The second kappa shape index (κ2) is 8.33. The Morgan fingerprint density at radius 1 is 1.16 bits per heavy atom. The molecule has 0 aromatic heterocycles. The van der Waals surface area contributed by atoms with Crippen molar-refractivity contribution in [2.24, 2.45) is 5.92 Å².